The van der Waals surface area contributed by atoms with Gasteiger partial charge in [0.2, 0.25) is 10.6 Å². The maximum absolute atomic E-state index is 12.1. The molecule has 1 aliphatic carbocycles. The van der Waals surface area contributed by atoms with Crippen LogP contribution in [0.5, 0.6) is 0 Å². The first-order valence-corrected chi connectivity index (χ1v) is 13.2. The predicted molar refractivity (Wildman–Crippen MR) is 124 cm³/mol. The van der Waals surface area contributed by atoms with Crippen LogP contribution in [0.1, 0.15) is 19.1 Å². The maximum atomic E-state index is 12.1. The third-order valence-corrected chi connectivity index (χ3v) is 7.74. The molecule has 1 unspecified atom stereocenters. The van der Waals surface area contributed by atoms with Crippen LogP contribution in [-0.2, 0) is 23.6 Å². The van der Waals surface area contributed by atoms with Gasteiger partial charge in [0.1, 0.15) is 30.7 Å². The van der Waals surface area contributed by atoms with Gasteiger partial charge in [-0.15, -0.1) is 0 Å². The Kier molecular flexibility index (Phi) is 8.35. The Hall–Kier alpha value is -1.98. The van der Waals surface area contributed by atoms with E-state index in [-0.39, 0.29) is 10.9 Å². The normalized spacial score (nSPS) is 25.9. The SMILES string of the molecule is O=C(O)COCC(CO)(OC[C@H]1O[C@@H](n2ncc3c(NCC4CC4)nc(Cl)nc32)[C@H](O)[C@@H]1O)P(=O)(O)O. The summed E-state index contributed by atoms with van der Waals surface area (Å²) in [6.45, 7) is -3.12. The van der Waals surface area contributed by atoms with E-state index in [4.69, 9.17) is 30.9 Å². The van der Waals surface area contributed by atoms with Gasteiger partial charge in [0, 0.05) is 6.54 Å². The fourth-order valence-electron chi connectivity index (χ4n) is 3.78. The van der Waals surface area contributed by atoms with Gasteiger partial charge in [0.05, 0.1) is 31.4 Å². The van der Waals surface area contributed by atoms with Gasteiger partial charge < -0.3 is 49.7 Å². The number of aliphatic hydroxyl groups is 3. The average molecular weight is 568 g/mol. The second-order valence-corrected chi connectivity index (χ2v) is 11.1. The Labute approximate surface area is 214 Å². The van der Waals surface area contributed by atoms with Crippen LogP contribution in [0, 0.1) is 5.92 Å². The number of hydrogen-bond acceptors (Lipinski definition) is 12. The summed E-state index contributed by atoms with van der Waals surface area (Å²) >= 11 is 6.08. The summed E-state index contributed by atoms with van der Waals surface area (Å²) in [7, 11) is -5.22. The highest BCUT2D eigenvalue weighted by Crippen LogP contribution is 2.51. The summed E-state index contributed by atoms with van der Waals surface area (Å²) < 4.78 is 29.0. The highest BCUT2D eigenvalue weighted by atomic mass is 35.5. The van der Waals surface area contributed by atoms with E-state index in [0.717, 1.165) is 12.8 Å². The minimum absolute atomic E-state index is 0.0869. The minimum Gasteiger partial charge on any atom is -0.480 e. The molecule has 0 aromatic carbocycles. The number of anilines is 1. The number of ether oxygens (including phenoxy) is 3. The standard InChI is InChI=1S/C19H27ClN5O11P/c20-18-23-15(21-3-9-1-2-9)10-4-22-25(16(10)24-18)17-14(30)13(29)11(36-17)5-35-19(7-26,37(31,32)33)8-34-6-12(27)28/h4,9,11,13-14,17,26,29-30H,1-3,5-8H2,(H,27,28)(H,21,23,24)(H2,31,32,33)/t11-,13-,14-,17-,19?/m1/s1. The van der Waals surface area contributed by atoms with Crippen molar-refractivity contribution in [3.63, 3.8) is 0 Å². The quantitative estimate of drug-likeness (QED) is 0.112. The molecule has 3 heterocycles. The molecular weight excluding hydrogens is 541 g/mol. The summed E-state index contributed by atoms with van der Waals surface area (Å²) in [5, 5.41) is 44.8. The monoisotopic (exact) mass is 567 g/mol. The number of carboxylic acids is 1. The molecule has 206 valence electrons. The molecule has 16 nitrogen and oxygen atoms in total. The zero-order chi connectivity index (χ0) is 27.0. The number of nitrogens with one attached hydrogen (secondary N) is 1. The zero-order valence-corrected chi connectivity index (χ0v) is 20.9. The molecule has 0 spiro atoms. The second-order valence-electron chi connectivity index (χ2n) is 8.88. The molecule has 2 fully saturated rings. The van der Waals surface area contributed by atoms with Crippen molar-refractivity contribution >= 4 is 42.0 Å². The number of aliphatic carboxylic acids is 1. The molecule has 5 atom stereocenters. The molecular formula is C19H27ClN5O11P. The Morgan fingerprint density at radius 1 is 1.30 bits per heavy atom. The molecule has 2 aliphatic rings. The van der Waals surface area contributed by atoms with Gasteiger partial charge in [-0.05, 0) is 30.4 Å². The topological polar surface area (TPSA) is 239 Å². The Morgan fingerprint density at radius 2 is 2.03 bits per heavy atom. The lowest BCUT2D eigenvalue weighted by molar-refractivity contribution is -0.150. The first-order chi connectivity index (χ1) is 17.5. The Balaban J connectivity index is 1.51. The van der Waals surface area contributed by atoms with Crippen LogP contribution in [0.15, 0.2) is 6.20 Å². The first kappa shape index (κ1) is 28.0. The van der Waals surface area contributed by atoms with Gasteiger partial charge in [-0.3, -0.25) is 4.57 Å². The number of carboxylic acid groups (broad SMARTS) is 1. The number of aromatic nitrogens is 4. The summed E-state index contributed by atoms with van der Waals surface area (Å²) in [4.78, 5) is 38.5. The van der Waals surface area contributed by atoms with E-state index >= 15 is 0 Å². The van der Waals surface area contributed by atoms with Crippen molar-refractivity contribution in [3.8, 4) is 0 Å². The minimum atomic E-state index is -5.22. The average Bonchev–Trinajstić information content (AvgIpc) is 3.50. The molecule has 1 saturated heterocycles. The van der Waals surface area contributed by atoms with Crippen LogP contribution in [-0.4, -0.2) is 113 Å². The van der Waals surface area contributed by atoms with Gasteiger partial charge in [-0.1, -0.05) is 0 Å². The fraction of sp³-hybridized carbons (Fsp3) is 0.684. The van der Waals surface area contributed by atoms with E-state index < -0.39 is 69.9 Å². The first-order valence-electron chi connectivity index (χ1n) is 11.2. The van der Waals surface area contributed by atoms with Crippen LogP contribution in [0.2, 0.25) is 5.28 Å². The third-order valence-electron chi connectivity index (χ3n) is 6.11. The summed E-state index contributed by atoms with van der Waals surface area (Å²) in [6.07, 6.45) is -2.10. The van der Waals surface area contributed by atoms with Gasteiger partial charge in [-0.25, -0.2) is 9.48 Å². The lowest BCUT2D eigenvalue weighted by Crippen LogP contribution is -2.45. The van der Waals surface area contributed by atoms with Crippen molar-refractivity contribution in [2.75, 3.05) is 38.3 Å². The molecule has 4 rings (SSSR count). The van der Waals surface area contributed by atoms with Gasteiger partial charge in [-0.2, -0.15) is 15.1 Å². The Bertz CT molecular complexity index is 1180. The molecule has 1 saturated carbocycles. The highest BCUT2D eigenvalue weighted by molar-refractivity contribution is 7.53. The van der Waals surface area contributed by atoms with Crippen LogP contribution in [0.4, 0.5) is 5.82 Å². The van der Waals surface area contributed by atoms with E-state index in [9.17, 15) is 34.5 Å². The van der Waals surface area contributed by atoms with E-state index in [1.807, 2.05) is 0 Å². The van der Waals surface area contributed by atoms with Crippen molar-refractivity contribution in [1.29, 1.82) is 0 Å². The van der Waals surface area contributed by atoms with Crippen molar-refractivity contribution in [1.82, 2.24) is 19.7 Å². The van der Waals surface area contributed by atoms with Crippen molar-refractivity contribution in [3.05, 3.63) is 11.5 Å². The lowest BCUT2D eigenvalue weighted by atomic mass is 10.1. The van der Waals surface area contributed by atoms with Crippen molar-refractivity contribution in [2.45, 2.75) is 42.7 Å². The third kappa shape index (κ3) is 6.04. The van der Waals surface area contributed by atoms with Crippen molar-refractivity contribution < 1.29 is 53.8 Å². The van der Waals surface area contributed by atoms with Crippen LogP contribution in [0.25, 0.3) is 11.0 Å². The van der Waals surface area contributed by atoms with Gasteiger partial charge in [0.25, 0.3) is 0 Å². The number of fused-ring (bicyclic) bond motifs is 1. The molecule has 2 aromatic rings. The van der Waals surface area contributed by atoms with Crippen LogP contribution >= 0.6 is 19.2 Å². The fourth-order valence-corrected chi connectivity index (χ4v) is 4.63. The number of carbonyl (C=O) groups is 1. The molecule has 0 bridgehead atoms. The van der Waals surface area contributed by atoms with Gasteiger partial charge in [0.15, 0.2) is 11.9 Å². The lowest BCUT2D eigenvalue weighted by Gasteiger charge is -2.33. The van der Waals surface area contributed by atoms with Crippen LogP contribution in [0.3, 0.4) is 0 Å². The smallest absolute Gasteiger partial charge is 0.361 e. The van der Waals surface area contributed by atoms with Crippen molar-refractivity contribution in [2.24, 2.45) is 5.92 Å². The number of rotatable bonds is 13. The number of nitrogens with zero attached hydrogens (tertiary/aromatic N) is 4. The maximum Gasteiger partial charge on any atom is 0.361 e. The van der Waals surface area contributed by atoms with E-state index in [2.05, 4.69) is 20.4 Å². The van der Waals surface area contributed by atoms with E-state index in [1.165, 1.54) is 10.9 Å². The number of hydrogen-bond donors (Lipinski definition) is 7. The number of halogens is 1. The molecule has 0 radical (unpaired) electrons. The number of aliphatic hydroxyl groups excluding tert-OH is 3. The molecule has 2 aromatic heterocycles. The zero-order valence-electron chi connectivity index (χ0n) is 19.3. The predicted octanol–water partition coefficient (Wildman–Crippen LogP) is -1.10. The molecule has 0 amide bonds. The molecule has 37 heavy (non-hydrogen) atoms. The summed E-state index contributed by atoms with van der Waals surface area (Å²) in [6, 6.07) is 0. The highest BCUT2D eigenvalue weighted by Gasteiger charge is 2.51. The second kappa shape index (κ2) is 11.0. The molecule has 1 aliphatic heterocycles. The molecule has 18 heteroatoms. The molecule has 7 N–H and O–H groups in total. The van der Waals surface area contributed by atoms with E-state index in [1.54, 1.807) is 0 Å². The Morgan fingerprint density at radius 3 is 2.65 bits per heavy atom. The van der Waals surface area contributed by atoms with E-state index in [0.29, 0.717) is 23.7 Å². The summed E-state index contributed by atoms with van der Waals surface area (Å²) in [5.74, 6) is -0.417. The largest absolute Gasteiger partial charge is 0.480 e. The van der Waals surface area contributed by atoms with Gasteiger partial charge >= 0.3 is 13.6 Å². The summed E-state index contributed by atoms with van der Waals surface area (Å²) in [5.41, 5.74) is 0.207. The van der Waals surface area contributed by atoms with Crippen LogP contribution < -0.4 is 5.32 Å².